The molecule has 68 valence electrons. The van der Waals surface area contributed by atoms with Gasteiger partial charge >= 0.3 is 5.97 Å². The third-order valence-corrected chi connectivity index (χ3v) is 2.29. The fourth-order valence-electron chi connectivity index (χ4n) is 0.623. The van der Waals surface area contributed by atoms with Crippen LogP contribution in [0.3, 0.4) is 0 Å². The van der Waals surface area contributed by atoms with Crippen molar-refractivity contribution in [3.8, 4) is 6.07 Å². The van der Waals surface area contributed by atoms with E-state index in [4.69, 9.17) is 5.26 Å². The number of hydrogen-bond acceptors (Lipinski definition) is 4. The minimum Gasteiger partial charge on any atom is -0.468 e. The van der Waals surface area contributed by atoms with Gasteiger partial charge in [0.15, 0.2) is 0 Å². The van der Waals surface area contributed by atoms with E-state index in [1.165, 1.54) is 7.11 Å². The maximum Gasteiger partial charge on any atom is 0.315 e. The molecule has 0 saturated carbocycles. The molecular weight excluding hydrogens is 174 g/mol. The lowest BCUT2D eigenvalue weighted by Crippen LogP contribution is -2.03. The zero-order valence-electron chi connectivity index (χ0n) is 7.21. The van der Waals surface area contributed by atoms with Gasteiger partial charge in [-0.1, -0.05) is 0 Å². The van der Waals surface area contributed by atoms with Crippen molar-refractivity contribution in [2.75, 3.05) is 18.6 Å². The topological polar surface area (TPSA) is 50.1 Å². The van der Waals surface area contributed by atoms with Crippen LogP contribution in [-0.4, -0.2) is 24.6 Å². The smallest absolute Gasteiger partial charge is 0.315 e. The molecule has 0 aliphatic heterocycles. The van der Waals surface area contributed by atoms with E-state index in [-0.39, 0.29) is 5.97 Å². The Balaban J connectivity index is 3.01. The molecule has 0 radical (unpaired) electrons. The summed E-state index contributed by atoms with van der Waals surface area (Å²) in [6, 6.07) is 2.08. The highest BCUT2D eigenvalue weighted by Crippen LogP contribution is 2.05. The summed E-state index contributed by atoms with van der Waals surface area (Å²) in [5.41, 5.74) is 0. The second-order valence-electron chi connectivity index (χ2n) is 2.24. The molecule has 0 fully saturated rings. The first kappa shape index (κ1) is 11.3. The van der Waals surface area contributed by atoms with Crippen molar-refractivity contribution < 1.29 is 9.53 Å². The summed E-state index contributed by atoms with van der Waals surface area (Å²) >= 11 is 1.55. The zero-order valence-corrected chi connectivity index (χ0v) is 8.02. The van der Waals surface area contributed by atoms with Crippen molar-refractivity contribution in [2.45, 2.75) is 19.3 Å². The fourth-order valence-corrected chi connectivity index (χ4v) is 1.46. The van der Waals surface area contributed by atoms with Crippen LogP contribution in [0, 0.1) is 11.3 Å². The largest absolute Gasteiger partial charge is 0.468 e. The molecule has 0 bridgehead atoms. The predicted octanol–water partition coefficient (Wildman–Crippen LogP) is 1.59. The lowest BCUT2D eigenvalue weighted by Gasteiger charge is -1.98. The van der Waals surface area contributed by atoms with E-state index in [1.807, 2.05) is 0 Å². The summed E-state index contributed by atoms with van der Waals surface area (Å²) < 4.78 is 4.47. The van der Waals surface area contributed by atoms with Gasteiger partial charge in [0.05, 0.1) is 18.9 Å². The molecule has 0 aliphatic rings. The van der Waals surface area contributed by atoms with Gasteiger partial charge in [-0.15, -0.1) is 0 Å². The number of rotatable bonds is 6. The van der Waals surface area contributed by atoms with Crippen LogP contribution in [0.5, 0.6) is 0 Å². The minimum atomic E-state index is -0.180. The lowest BCUT2D eigenvalue weighted by atomic mass is 10.3. The van der Waals surface area contributed by atoms with E-state index in [1.54, 1.807) is 11.8 Å². The molecule has 0 heterocycles. The number of thioether (sulfide) groups is 1. The number of ether oxygens (including phenoxy) is 1. The van der Waals surface area contributed by atoms with Gasteiger partial charge in [-0.05, 0) is 18.6 Å². The van der Waals surface area contributed by atoms with Crippen molar-refractivity contribution in [3.05, 3.63) is 0 Å². The number of esters is 1. The van der Waals surface area contributed by atoms with Crippen LogP contribution in [0.25, 0.3) is 0 Å². The molecule has 0 saturated heterocycles. The van der Waals surface area contributed by atoms with Crippen LogP contribution >= 0.6 is 11.8 Å². The number of unbranched alkanes of at least 4 members (excludes halogenated alkanes) is 2. The maximum atomic E-state index is 10.6. The van der Waals surface area contributed by atoms with Gasteiger partial charge in [-0.2, -0.15) is 17.0 Å². The SMILES string of the molecule is COC(=O)CSCCCCC#N. The van der Waals surface area contributed by atoms with Gasteiger partial charge in [-0.3, -0.25) is 4.79 Å². The Morgan fingerprint density at radius 3 is 2.92 bits per heavy atom. The summed E-state index contributed by atoms with van der Waals surface area (Å²) in [6.07, 6.45) is 2.53. The van der Waals surface area contributed by atoms with Crippen molar-refractivity contribution >= 4 is 17.7 Å². The molecular formula is C8H13NO2S. The third kappa shape index (κ3) is 7.42. The normalized spacial score (nSPS) is 9.00. The van der Waals surface area contributed by atoms with Crippen molar-refractivity contribution in [3.63, 3.8) is 0 Å². The summed E-state index contributed by atoms with van der Waals surface area (Å²) in [5, 5.41) is 8.22. The molecule has 0 aromatic carbocycles. The standard InChI is InChI=1S/C8H13NO2S/c1-11-8(10)7-12-6-4-2-3-5-9/h2-4,6-7H2,1H3. The van der Waals surface area contributed by atoms with Crippen LogP contribution in [0.15, 0.2) is 0 Å². The van der Waals surface area contributed by atoms with Crippen LogP contribution in [0.4, 0.5) is 0 Å². The molecule has 0 amide bonds. The Bertz CT molecular complexity index is 165. The Morgan fingerprint density at radius 2 is 2.33 bits per heavy atom. The molecule has 0 spiro atoms. The van der Waals surface area contributed by atoms with Crippen molar-refractivity contribution in [1.82, 2.24) is 0 Å². The van der Waals surface area contributed by atoms with Gasteiger partial charge in [-0.25, -0.2) is 0 Å². The molecule has 3 nitrogen and oxygen atoms in total. The number of nitrogens with zero attached hydrogens (tertiary/aromatic N) is 1. The first-order valence-electron chi connectivity index (χ1n) is 3.82. The van der Waals surface area contributed by atoms with Gasteiger partial charge < -0.3 is 4.74 Å². The van der Waals surface area contributed by atoms with Crippen LogP contribution < -0.4 is 0 Å². The average molecular weight is 187 g/mol. The van der Waals surface area contributed by atoms with E-state index >= 15 is 0 Å². The molecule has 0 aliphatic carbocycles. The number of hydrogen-bond donors (Lipinski definition) is 0. The van der Waals surface area contributed by atoms with Gasteiger partial charge in [0, 0.05) is 6.42 Å². The molecule has 0 aromatic rings. The average Bonchev–Trinajstić information content (AvgIpc) is 2.10. The van der Waals surface area contributed by atoms with Gasteiger partial charge in [0.2, 0.25) is 0 Å². The summed E-state index contributed by atoms with van der Waals surface area (Å²) in [7, 11) is 1.39. The summed E-state index contributed by atoms with van der Waals surface area (Å²) in [5.74, 6) is 1.17. The predicted molar refractivity (Wildman–Crippen MR) is 48.8 cm³/mol. The number of carbonyl (C=O) groups is 1. The molecule has 0 unspecified atom stereocenters. The second kappa shape index (κ2) is 8.41. The monoisotopic (exact) mass is 187 g/mol. The number of methoxy groups -OCH3 is 1. The number of carbonyl (C=O) groups excluding carboxylic acids is 1. The minimum absolute atomic E-state index is 0.180. The quantitative estimate of drug-likeness (QED) is 0.468. The molecule has 0 N–H and O–H groups in total. The van der Waals surface area contributed by atoms with Crippen LogP contribution in [0.1, 0.15) is 19.3 Å². The third-order valence-electron chi connectivity index (χ3n) is 1.27. The van der Waals surface area contributed by atoms with E-state index < -0.39 is 0 Å². The molecule has 0 aromatic heterocycles. The van der Waals surface area contributed by atoms with Crippen LogP contribution in [-0.2, 0) is 9.53 Å². The number of nitriles is 1. The molecule has 0 atom stereocenters. The maximum absolute atomic E-state index is 10.6. The highest BCUT2D eigenvalue weighted by molar-refractivity contribution is 7.99. The van der Waals surface area contributed by atoms with E-state index in [0.717, 1.165) is 18.6 Å². The first-order valence-corrected chi connectivity index (χ1v) is 4.98. The van der Waals surface area contributed by atoms with Gasteiger partial charge in [0.25, 0.3) is 0 Å². The summed E-state index contributed by atoms with van der Waals surface area (Å²) in [4.78, 5) is 10.6. The Kier molecular flexibility index (Phi) is 7.92. The van der Waals surface area contributed by atoms with Crippen molar-refractivity contribution in [2.24, 2.45) is 0 Å². The Hall–Kier alpha value is -0.690. The van der Waals surface area contributed by atoms with E-state index in [2.05, 4.69) is 10.8 Å². The molecule has 4 heteroatoms. The van der Waals surface area contributed by atoms with E-state index in [0.29, 0.717) is 12.2 Å². The van der Waals surface area contributed by atoms with Gasteiger partial charge in [0.1, 0.15) is 0 Å². The van der Waals surface area contributed by atoms with Crippen molar-refractivity contribution in [1.29, 1.82) is 5.26 Å². The first-order chi connectivity index (χ1) is 5.81. The van der Waals surface area contributed by atoms with Crippen LogP contribution in [0.2, 0.25) is 0 Å². The zero-order chi connectivity index (χ0) is 9.23. The Labute approximate surface area is 77.1 Å². The van der Waals surface area contributed by atoms with E-state index in [9.17, 15) is 4.79 Å². The molecule has 0 rings (SSSR count). The highest BCUT2D eigenvalue weighted by Gasteiger charge is 1.98. The lowest BCUT2D eigenvalue weighted by molar-refractivity contribution is -0.137. The molecule has 12 heavy (non-hydrogen) atoms. The second-order valence-corrected chi connectivity index (χ2v) is 3.35. The highest BCUT2D eigenvalue weighted by atomic mass is 32.2. The summed E-state index contributed by atoms with van der Waals surface area (Å²) in [6.45, 7) is 0. The fraction of sp³-hybridized carbons (Fsp3) is 0.750. The Morgan fingerprint density at radius 1 is 1.58 bits per heavy atom.